The third-order valence-electron chi connectivity index (χ3n) is 0.943. The Morgan fingerprint density at radius 3 is 1.57 bits per heavy atom. The smallest absolute Gasteiger partial charge is 0.0995 e. The maximum atomic E-state index is 8.53. The molecule has 0 radical (unpaired) electrons. The second-order valence-corrected chi connectivity index (χ2v) is 1.60. The van der Waals surface area contributed by atoms with Gasteiger partial charge in [-0.3, -0.25) is 0 Å². The van der Waals surface area contributed by atoms with Gasteiger partial charge in [0, 0.05) is 13.1 Å². The maximum Gasteiger partial charge on any atom is 0.0995 e. The van der Waals surface area contributed by atoms with Gasteiger partial charge in [-0.05, 0) is 0 Å². The first kappa shape index (κ1) is 4.99. The zero-order chi connectivity index (χ0) is 5.28. The molecule has 0 saturated carbocycles. The van der Waals surface area contributed by atoms with E-state index in [1.165, 1.54) is 0 Å². The van der Waals surface area contributed by atoms with E-state index < -0.39 is 0 Å². The highest BCUT2D eigenvalue weighted by Gasteiger charge is 2.14. The second kappa shape index (κ2) is 1.75. The van der Waals surface area contributed by atoms with Gasteiger partial charge in [-0.2, -0.15) is 10.1 Å². The van der Waals surface area contributed by atoms with E-state index in [1.807, 2.05) is 0 Å². The summed E-state index contributed by atoms with van der Waals surface area (Å²) in [6.45, 7) is 1.33. The van der Waals surface area contributed by atoms with Crippen molar-refractivity contribution in [3.8, 4) is 0 Å². The third-order valence-corrected chi connectivity index (χ3v) is 0.943. The van der Waals surface area contributed by atoms with Gasteiger partial charge >= 0.3 is 0 Å². The van der Waals surface area contributed by atoms with Crippen molar-refractivity contribution in [2.24, 2.45) is 0 Å². The summed E-state index contributed by atoms with van der Waals surface area (Å²) in [5.74, 6) is 0. The average molecular weight is 104 g/mol. The summed E-state index contributed by atoms with van der Waals surface area (Å²) in [5.41, 5.74) is 0. The van der Waals surface area contributed by atoms with E-state index in [1.54, 1.807) is 0 Å². The molecule has 0 aromatic heterocycles. The second-order valence-electron chi connectivity index (χ2n) is 1.60. The van der Waals surface area contributed by atoms with E-state index in [9.17, 15) is 0 Å². The lowest BCUT2D eigenvalue weighted by molar-refractivity contribution is -0.142. The van der Waals surface area contributed by atoms with Crippen LogP contribution in [0, 0.1) is 0 Å². The molecule has 1 aliphatic rings. The zero-order valence-electron chi connectivity index (χ0n) is 3.91. The molecule has 1 saturated heterocycles. The average Bonchev–Trinajstić information content (AvgIpc) is 1.87. The Kier molecular flexibility index (Phi) is 1.25. The molecule has 1 aliphatic heterocycles. The van der Waals surface area contributed by atoms with Crippen molar-refractivity contribution in [3.63, 3.8) is 0 Å². The van der Waals surface area contributed by atoms with Gasteiger partial charge in [0.2, 0.25) is 0 Å². The van der Waals surface area contributed by atoms with E-state index >= 15 is 0 Å². The van der Waals surface area contributed by atoms with Gasteiger partial charge in [0.25, 0.3) is 0 Å². The van der Waals surface area contributed by atoms with Crippen molar-refractivity contribution in [2.45, 2.75) is 0 Å². The van der Waals surface area contributed by atoms with E-state index in [0.29, 0.717) is 13.1 Å². The molecule has 7 heavy (non-hydrogen) atoms. The van der Waals surface area contributed by atoms with Crippen molar-refractivity contribution in [3.05, 3.63) is 0 Å². The Balaban J connectivity index is 2.26. The summed E-state index contributed by atoms with van der Waals surface area (Å²) in [7, 11) is 0. The molecular weight excluding hydrogens is 96.0 g/mol. The molecule has 0 aliphatic carbocycles. The van der Waals surface area contributed by atoms with Crippen LogP contribution in [0.25, 0.3) is 0 Å². The number of hydroxylamine groups is 4. The Hall–Kier alpha value is -0.160. The van der Waals surface area contributed by atoms with E-state index in [2.05, 4.69) is 0 Å². The first-order valence-electron chi connectivity index (χ1n) is 2.16. The fourth-order valence-corrected chi connectivity index (χ4v) is 0.561. The van der Waals surface area contributed by atoms with E-state index in [4.69, 9.17) is 10.4 Å². The van der Waals surface area contributed by atoms with Crippen molar-refractivity contribution < 1.29 is 10.4 Å². The normalized spacial score (nSPS) is 26.6. The molecule has 0 bridgehead atoms. The molecular formula is C3H8N2O2. The fourth-order valence-electron chi connectivity index (χ4n) is 0.561. The number of rotatable bonds is 0. The molecule has 0 aromatic carbocycles. The predicted molar refractivity (Wildman–Crippen MR) is 21.9 cm³/mol. The van der Waals surface area contributed by atoms with Crippen LogP contribution in [0.5, 0.6) is 0 Å². The molecule has 0 aromatic rings. The van der Waals surface area contributed by atoms with Crippen LogP contribution in [0.3, 0.4) is 0 Å². The van der Waals surface area contributed by atoms with Gasteiger partial charge in [0.1, 0.15) is 0 Å². The van der Waals surface area contributed by atoms with Crippen LogP contribution in [0.15, 0.2) is 0 Å². The Bertz CT molecular complexity index is 60.0. The predicted octanol–water partition coefficient (Wildman–Crippen LogP) is -0.660. The molecule has 0 atom stereocenters. The minimum atomic E-state index is 0.250. The van der Waals surface area contributed by atoms with Crippen LogP contribution >= 0.6 is 0 Å². The lowest BCUT2D eigenvalue weighted by Crippen LogP contribution is -2.19. The maximum absolute atomic E-state index is 8.53. The molecule has 4 nitrogen and oxygen atoms in total. The van der Waals surface area contributed by atoms with Crippen LogP contribution in [-0.4, -0.2) is 40.3 Å². The van der Waals surface area contributed by atoms with Gasteiger partial charge in [-0.25, -0.2) is 0 Å². The summed E-state index contributed by atoms with van der Waals surface area (Å²) >= 11 is 0. The zero-order valence-corrected chi connectivity index (χ0v) is 3.91. The van der Waals surface area contributed by atoms with Crippen LogP contribution in [-0.2, 0) is 0 Å². The Morgan fingerprint density at radius 2 is 1.43 bits per heavy atom. The molecule has 42 valence electrons. The number of nitrogens with zero attached hydrogens (tertiary/aromatic N) is 2. The summed E-state index contributed by atoms with van der Waals surface area (Å²) in [6, 6.07) is 0. The van der Waals surface area contributed by atoms with E-state index in [-0.39, 0.29) is 6.67 Å². The number of hydrogen-bond donors (Lipinski definition) is 2. The number of hydrogen-bond acceptors (Lipinski definition) is 4. The highest BCUT2D eigenvalue weighted by Crippen LogP contribution is 1.94. The lowest BCUT2D eigenvalue weighted by atomic mass is 10.7. The van der Waals surface area contributed by atoms with Crippen molar-refractivity contribution in [1.29, 1.82) is 0 Å². The minimum absolute atomic E-state index is 0.250. The molecule has 0 spiro atoms. The third kappa shape index (κ3) is 1.10. The quantitative estimate of drug-likeness (QED) is 0.428. The molecule has 1 heterocycles. The Morgan fingerprint density at radius 1 is 1.00 bits per heavy atom. The van der Waals surface area contributed by atoms with Crippen molar-refractivity contribution >= 4 is 0 Å². The molecule has 1 fully saturated rings. The van der Waals surface area contributed by atoms with Gasteiger partial charge < -0.3 is 10.4 Å². The van der Waals surface area contributed by atoms with Gasteiger partial charge in [-0.15, -0.1) is 0 Å². The lowest BCUT2D eigenvalue weighted by Gasteiger charge is -2.02. The monoisotopic (exact) mass is 104 g/mol. The molecule has 1 rings (SSSR count). The summed E-state index contributed by atoms with van der Waals surface area (Å²) in [5, 5.41) is 19.2. The van der Waals surface area contributed by atoms with Gasteiger partial charge in [-0.1, -0.05) is 0 Å². The van der Waals surface area contributed by atoms with Crippen LogP contribution < -0.4 is 0 Å². The first-order valence-corrected chi connectivity index (χ1v) is 2.16. The topological polar surface area (TPSA) is 46.9 Å². The fraction of sp³-hybridized carbons (Fsp3) is 1.00. The van der Waals surface area contributed by atoms with Gasteiger partial charge in [0.15, 0.2) is 0 Å². The molecule has 2 N–H and O–H groups in total. The van der Waals surface area contributed by atoms with Crippen LogP contribution in [0.4, 0.5) is 0 Å². The summed E-state index contributed by atoms with van der Waals surface area (Å²) in [6.07, 6.45) is 0. The standard InChI is InChI=1S/C3H8N2O2/c6-4-1-2-5(7)3-4/h6-7H,1-3H2. The minimum Gasteiger partial charge on any atom is -0.313 e. The SMILES string of the molecule is ON1CCN(O)C1. The summed E-state index contributed by atoms with van der Waals surface area (Å²) < 4.78 is 0. The van der Waals surface area contributed by atoms with E-state index in [0.717, 1.165) is 10.1 Å². The van der Waals surface area contributed by atoms with Gasteiger partial charge in [0.05, 0.1) is 6.67 Å². The summed E-state index contributed by atoms with van der Waals surface area (Å²) in [4.78, 5) is 0. The first-order chi connectivity index (χ1) is 3.29. The van der Waals surface area contributed by atoms with Crippen molar-refractivity contribution in [2.75, 3.05) is 19.8 Å². The molecule has 4 heteroatoms. The molecule has 0 unspecified atom stereocenters. The van der Waals surface area contributed by atoms with Crippen LogP contribution in [0.1, 0.15) is 0 Å². The Labute approximate surface area is 41.5 Å². The highest BCUT2D eigenvalue weighted by molar-refractivity contribution is 4.53. The molecule has 0 amide bonds. The van der Waals surface area contributed by atoms with Crippen molar-refractivity contribution in [1.82, 2.24) is 10.1 Å². The van der Waals surface area contributed by atoms with Crippen LogP contribution in [0.2, 0.25) is 0 Å². The highest BCUT2D eigenvalue weighted by atomic mass is 16.6. The largest absolute Gasteiger partial charge is 0.313 e.